The summed E-state index contributed by atoms with van der Waals surface area (Å²) in [6.45, 7) is 11.3. The lowest BCUT2D eigenvalue weighted by Gasteiger charge is -2.17. The third-order valence-corrected chi connectivity index (χ3v) is 4.71. The highest BCUT2D eigenvalue weighted by molar-refractivity contribution is 5.88. The Bertz CT molecular complexity index is 665. The van der Waals surface area contributed by atoms with Gasteiger partial charge in [-0.05, 0) is 72.4 Å². The summed E-state index contributed by atoms with van der Waals surface area (Å²) in [6.07, 6.45) is 3.79. The van der Waals surface area contributed by atoms with Gasteiger partial charge in [-0.25, -0.2) is 0 Å². The lowest BCUT2D eigenvalue weighted by Crippen LogP contribution is -2.02. The minimum Gasteiger partial charge on any atom is -0.252 e. The molecular formula is C19H25N. The molecule has 0 amide bonds. The molecule has 1 aromatic heterocycles. The second kappa shape index (κ2) is 4.87. The molecule has 0 spiro atoms. The molecule has 1 heterocycles. The molecule has 0 atom stereocenters. The van der Waals surface area contributed by atoms with Crippen LogP contribution in [0.15, 0.2) is 12.1 Å². The van der Waals surface area contributed by atoms with Gasteiger partial charge in [-0.3, -0.25) is 4.98 Å². The van der Waals surface area contributed by atoms with Crippen LogP contribution in [0.2, 0.25) is 0 Å². The smallest absolute Gasteiger partial charge is 0.0740 e. The molecule has 0 saturated heterocycles. The molecule has 2 aromatic rings. The van der Waals surface area contributed by atoms with E-state index < -0.39 is 0 Å². The predicted octanol–water partition coefficient (Wildman–Crippen LogP) is 5.28. The molecule has 0 saturated carbocycles. The number of nitrogens with zero attached hydrogens (tertiary/aromatic N) is 1. The van der Waals surface area contributed by atoms with Crippen molar-refractivity contribution < 1.29 is 0 Å². The van der Waals surface area contributed by atoms with E-state index in [1.54, 1.807) is 11.1 Å². The fraction of sp³-hybridized carbons (Fsp3) is 0.526. The van der Waals surface area contributed by atoms with Crippen molar-refractivity contribution in [3.05, 3.63) is 40.1 Å². The molecule has 0 fully saturated rings. The van der Waals surface area contributed by atoms with Crippen molar-refractivity contribution in [2.45, 2.75) is 65.7 Å². The van der Waals surface area contributed by atoms with Gasteiger partial charge >= 0.3 is 0 Å². The minimum atomic E-state index is 0.490. The summed E-state index contributed by atoms with van der Waals surface area (Å²) in [6, 6.07) is 4.76. The van der Waals surface area contributed by atoms with Crippen molar-refractivity contribution >= 4 is 10.9 Å². The molecule has 0 aliphatic heterocycles. The Morgan fingerprint density at radius 1 is 1.00 bits per heavy atom. The zero-order valence-corrected chi connectivity index (χ0v) is 13.4. The van der Waals surface area contributed by atoms with Crippen LogP contribution < -0.4 is 0 Å². The van der Waals surface area contributed by atoms with Crippen LogP contribution in [0.3, 0.4) is 0 Å². The number of aryl methyl sites for hydroxylation is 2. The molecule has 20 heavy (non-hydrogen) atoms. The molecule has 106 valence electrons. The average Bonchev–Trinajstić information content (AvgIpc) is 2.86. The summed E-state index contributed by atoms with van der Waals surface area (Å²) in [7, 11) is 0. The third-order valence-electron chi connectivity index (χ3n) is 4.71. The van der Waals surface area contributed by atoms with Gasteiger partial charge in [-0.1, -0.05) is 27.7 Å². The van der Waals surface area contributed by atoms with Crippen molar-refractivity contribution in [1.29, 1.82) is 0 Å². The Kier molecular flexibility index (Phi) is 3.32. The summed E-state index contributed by atoms with van der Waals surface area (Å²) >= 11 is 0. The van der Waals surface area contributed by atoms with Gasteiger partial charge in [0.1, 0.15) is 0 Å². The lowest BCUT2D eigenvalue weighted by atomic mass is 9.91. The number of benzene rings is 1. The maximum atomic E-state index is 4.99. The average molecular weight is 267 g/mol. The van der Waals surface area contributed by atoms with Gasteiger partial charge in [0.2, 0.25) is 0 Å². The molecule has 1 nitrogen and oxygen atoms in total. The van der Waals surface area contributed by atoms with E-state index in [0.717, 1.165) is 0 Å². The van der Waals surface area contributed by atoms with Gasteiger partial charge in [0.05, 0.1) is 5.52 Å². The van der Waals surface area contributed by atoms with Gasteiger partial charge in [-0.15, -0.1) is 0 Å². The molecule has 1 aliphatic carbocycles. The Morgan fingerprint density at radius 3 is 2.40 bits per heavy atom. The normalized spacial score (nSPS) is 14.6. The van der Waals surface area contributed by atoms with Crippen molar-refractivity contribution in [3.8, 4) is 0 Å². The highest BCUT2D eigenvalue weighted by Gasteiger charge is 2.19. The molecule has 0 radical (unpaired) electrons. The van der Waals surface area contributed by atoms with Crippen LogP contribution in [-0.4, -0.2) is 4.98 Å². The van der Waals surface area contributed by atoms with Crippen molar-refractivity contribution in [2.75, 3.05) is 0 Å². The van der Waals surface area contributed by atoms with Crippen LogP contribution in [0.5, 0.6) is 0 Å². The van der Waals surface area contributed by atoms with Crippen molar-refractivity contribution in [3.63, 3.8) is 0 Å². The maximum absolute atomic E-state index is 4.99. The number of fused-ring (bicyclic) bond motifs is 2. The minimum absolute atomic E-state index is 0.490. The van der Waals surface area contributed by atoms with E-state index in [9.17, 15) is 0 Å². The molecule has 3 rings (SSSR count). The fourth-order valence-electron chi connectivity index (χ4n) is 3.48. The molecule has 0 N–H and O–H groups in total. The van der Waals surface area contributed by atoms with Crippen LogP contribution in [0.25, 0.3) is 10.9 Å². The highest BCUT2D eigenvalue weighted by Crippen LogP contribution is 2.35. The molecule has 1 heteroatoms. The maximum Gasteiger partial charge on any atom is 0.0740 e. The van der Waals surface area contributed by atoms with Gasteiger partial charge < -0.3 is 0 Å². The van der Waals surface area contributed by atoms with Crippen molar-refractivity contribution in [1.82, 2.24) is 4.98 Å². The van der Waals surface area contributed by atoms with Gasteiger partial charge in [0, 0.05) is 11.1 Å². The van der Waals surface area contributed by atoms with Crippen LogP contribution in [0.1, 0.15) is 73.9 Å². The van der Waals surface area contributed by atoms with Crippen LogP contribution in [0.4, 0.5) is 0 Å². The molecule has 0 unspecified atom stereocenters. The Morgan fingerprint density at radius 2 is 1.75 bits per heavy atom. The van der Waals surface area contributed by atoms with E-state index >= 15 is 0 Å². The first-order chi connectivity index (χ1) is 9.49. The Hall–Kier alpha value is -1.37. The van der Waals surface area contributed by atoms with Crippen LogP contribution in [0, 0.1) is 6.92 Å². The summed E-state index contributed by atoms with van der Waals surface area (Å²) in [4.78, 5) is 4.99. The number of pyridine rings is 1. The second-order valence-corrected chi connectivity index (χ2v) is 6.83. The van der Waals surface area contributed by atoms with E-state index in [0.29, 0.717) is 11.8 Å². The zero-order valence-electron chi connectivity index (χ0n) is 13.4. The lowest BCUT2D eigenvalue weighted by molar-refractivity contribution is 0.810. The van der Waals surface area contributed by atoms with Crippen molar-refractivity contribution in [2.24, 2.45) is 0 Å². The SMILES string of the molecule is Cc1c2c(cc3c(C(C)C)cc(C(C)C)nc13)CCC2. The predicted molar refractivity (Wildman–Crippen MR) is 86.7 cm³/mol. The number of hydrogen-bond acceptors (Lipinski definition) is 1. The van der Waals surface area contributed by atoms with Gasteiger partial charge in [0.25, 0.3) is 0 Å². The largest absolute Gasteiger partial charge is 0.252 e. The first kappa shape index (κ1) is 13.6. The van der Waals surface area contributed by atoms with E-state index in [1.807, 2.05) is 0 Å². The summed E-state index contributed by atoms with van der Waals surface area (Å²) in [5.74, 6) is 1.04. The third kappa shape index (κ3) is 2.04. The number of hydrogen-bond donors (Lipinski definition) is 0. The van der Waals surface area contributed by atoms with E-state index in [-0.39, 0.29) is 0 Å². The molecule has 1 aromatic carbocycles. The number of rotatable bonds is 2. The number of aromatic nitrogens is 1. The molecular weight excluding hydrogens is 242 g/mol. The highest BCUT2D eigenvalue weighted by atomic mass is 14.7. The van der Waals surface area contributed by atoms with Gasteiger partial charge in [-0.2, -0.15) is 0 Å². The quantitative estimate of drug-likeness (QED) is 0.721. The molecule has 0 bridgehead atoms. The summed E-state index contributed by atoms with van der Waals surface area (Å²) < 4.78 is 0. The topological polar surface area (TPSA) is 12.9 Å². The van der Waals surface area contributed by atoms with E-state index in [4.69, 9.17) is 4.98 Å². The van der Waals surface area contributed by atoms with Crippen LogP contribution >= 0.6 is 0 Å². The van der Waals surface area contributed by atoms with Gasteiger partial charge in [0.15, 0.2) is 0 Å². The standard InChI is InChI=1S/C19H25N/c1-11(2)16-10-18(12(3)4)20-19-13(5)15-8-6-7-14(15)9-17(16)19/h9-12H,6-8H2,1-5H3. The van der Waals surface area contributed by atoms with E-state index in [1.165, 1.54) is 47.0 Å². The summed E-state index contributed by atoms with van der Waals surface area (Å²) in [5, 5.41) is 1.39. The first-order valence-corrected chi connectivity index (χ1v) is 7.95. The second-order valence-electron chi connectivity index (χ2n) is 6.83. The fourth-order valence-corrected chi connectivity index (χ4v) is 3.48. The zero-order chi connectivity index (χ0) is 14.4. The molecule has 1 aliphatic rings. The van der Waals surface area contributed by atoms with Crippen LogP contribution in [-0.2, 0) is 12.8 Å². The monoisotopic (exact) mass is 267 g/mol. The first-order valence-electron chi connectivity index (χ1n) is 7.95. The summed E-state index contributed by atoms with van der Waals surface area (Å²) in [5.41, 5.74) is 8.52. The Balaban J connectivity index is 2.38. The van der Waals surface area contributed by atoms with E-state index in [2.05, 4.69) is 46.8 Å². The Labute approximate surface area is 122 Å².